The van der Waals surface area contributed by atoms with Crippen LogP contribution in [-0.4, -0.2) is 11.7 Å². The summed E-state index contributed by atoms with van der Waals surface area (Å²) in [7, 11) is 0. The van der Waals surface area contributed by atoms with Gasteiger partial charge < -0.3 is 5.11 Å². The zero-order chi connectivity index (χ0) is 9.68. The maximum atomic E-state index is 9.54. The van der Waals surface area contributed by atoms with Crippen LogP contribution in [-0.2, 0) is 6.42 Å². The Hall–Kier alpha value is -0.900. The molecule has 72 valence electrons. The monoisotopic (exact) mass is 180 g/mol. The highest BCUT2D eigenvalue weighted by molar-refractivity contribution is 5.24. The molecule has 0 aliphatic rings. The van der Waals surface area contributed by atoms with E-state index in [1.165, 1.54) is 5.56 Å². The molecule has 0 saturated heterocycles. The van der Waals surface area contributed by atoms with Crippen LogP contribution < -0.4 is 11.3 Å². The number of benzene rings is 1. The Bertz CT molecular complexity index is 246. The number of aryl methyl sites for hydroxylation is 1. The first-order chi connectivity index (χ1) is 6.27. The molecule has 0 heterocycles. The summed E-state index contributed by atoms with van der Waals surface area (Å²) < 4.78 is 0. The van der Waals surface area contributed by atoms with Gasteiger partial charge in [0.15, 0.2) is 0 Å². The first-order valence-corrected chi connectivity index (χ1v) is 4.48. The van der Waals surface area contributed by atoms with Gasteiger partial charge in [-0.05, 0) is 17.5 Å². The fourth-order valence-electron chi connectivity index (χ4n) is 1.20. The summed E-state index contributed by atoms with van der Waals surface area (Å²) in [6.45, 7) is 2.48. The lowest BCUT2D eigenvalue weighted by Crippen LogP contribution is -2.27. The molecule has 1 rings (SSSR count). The summed E-state index contributed by atoms with van der Waals surface area (Å²) in [6, 6.07) is 7.91. The van der Waals surface area contributed by atoms with E-state index in [-0.39, 0.29) is 0 Å². The smallest absolute Gasteiger partial charge is 0.0928 e. The summed E-state index contributed by atoms with van der Waals surface area (Å²) >= 11 is 0. The van der Waals surface area contributed by atoms with Gasteiger partial charge in [0.05, 0.1) is 6.10 Å². The Kier molecular flexibility index (Phi) is 3.89. The standard InChI is InChI=1S/C10H16N2O/c1-2-8-3-5-9(6-4-8)10(13)7-12-11/h3-6,10,12-13H,2,7,11H2,1H3. The second-order valence-electron chi connectivity index (χ2n) is 3.02. The molecule has 0 aliphatic heterocycles. The number of hydrogen-bond donors (Lipinski definition) is 3. The highest BCUT2D eigenvalue weighted by atomic mass is 16.3. The van der Waals surface area contributed by atoms with Crippen molar-refractivity contribution in [1.82, 2.24) is 5.43 Å². The summed E-state index contributed by atoms with van der Waals surface area (Å²) in [5.74, 6) is 5.11. The number of nitrogens with two attached hydrogens (primary N) is 1. The summed E-state index contributed by atoms with van der Waals surface area (Å²) in [4.78, 5) is 0. The van der Waals surface area contributed by atoms with Crippen molar-refractivity contribution in [2.45, 2.75) is 19.4 Å². The molecule has 0 aromatic heterocycles. The fourth-order valence-corrected chi connectivity index (χ4v) is 1.20. The SMILES string of the molecule is CCc1ccc(C(O)CNN)cc1. The molecule has 1 atom stereocenters. The summed E-state index contributed by atoms with van der Waals surface area (Å²) in [6.07, 6.45) is 0.502. The third-order valence-electron chi connectivity index (χ3n) is 2.08. The molecule has 1 aromatic carbocycles. The molecule has 0 bridgehead atoms. The topological polar surface area (TPSA) is 58.3 Å². The fraction of sp³-hybridized carbons (Fsp3) is 0.400. The molecule has 1 aromatic rings. The number of nitrogens with one attached hydrogen (secondary N) is 1. The molecule has 0 spiro atoms. The van der Waals surface area contributed by atoms with Gasteiger partial charge in [-0.2, -0.15) is 0 Å². The van der Waals surface area contributed by atoms with E-state index in [1.807, 2.05) is 24.3 Å². The van der Waals surface area contributed by atoms with Crippen molar-refractivity contribution in [2.24, 2.45) is 5.84 Å². The van der Waals surface area contributed by atoms with Gasteiger partial charge in [0.25, 0.3) is 0 Å². The Morgan fingerprint density at radius 1 is 1.38 bits per heavy atom. The first-order valence-electron chi connectivity index (χ1n) is 4.48. The predicted molar refractivity (Wildman–Crippen MR) is 53.0 cm³/mol. The van der Waals surface area contributed by atoms with Crippen molar-refractivity contribution in [1.29, 1.82) is 0 Å². The van der Waals surface area contributed by atoms with E-state index < -0.39 is 6.10 Å². The van der Waals surface area contributed by atoms with Crippen LogP contribution in [0.3, 0.4) is 0 Å². The van der Waals surface area contributed by atoms with Crippen molar-refractivity contribution >= 4 is 0 Å². The van der Waals surface area contributed by atoms with Gasteiger partial charge in [-0.25, -0.2) is 0 Å². The van der Waals surface area contributed by atoms with Gasteiger partial charge in [-0.3, -0.25) is 11.3 Å². The largest absolute Gasteiger partial charge is 0.387 e. The van der Waals surface area contributed by atoms with Crippen molar-refractivity contribution in [3.05, 3.63) is 35.4 Å². The molecule has 0 aliphatic carbocycles. The average molecular weight is 180 g/mol. The molecule has 13 heavy (non-hydrogen) atoms. The third-order valence-corrected chi connectivity index (χ3v) is 2.08. The second-order valence-corrected chi connectivity index (χ2v) is 3.02. The van der Waals surface area contributed by atoms with E-state index >= 15 is 0 Å². The van der Waals surface area contributed by atoms with Crippen LogP contribution in [0.2, 0.25) is 0 Å². The maximum Gasteiger partial charge on any atom is 0.0928 e. The van der Waals surface area contributed by atoms with Gasteiger partial charge in [0, 0.05) is 6.54 Å². The predicted octanol–water partition coefficient (Wildman–Crippen LogP) is 0.746. The lowest BCUT2D eigenvalue weighted by atomic mass is 10.1. The molecule has 0 amide bonds. The first kappa shape index (κ1) is 10.2. The van der Waals surface area contributed by atoms with Gasteiger partial charge in [0.2, 0.25) is 0 Å². The normalized spacial score (nSPS) is 12.8. The molecule has 0 radical (unpaired) electrons. The molecule has 3 heteroatoms. The minimum Gasteiger partial charge on any atom is -0.387 e. The molecule has 3 nitrogen and oxygen atoms in total. The average Bonchev–Trinajstić information content (AvgIpc) is 2.18. The lowest BCUT2D eigenvalue weighted by molar-refractivity contribution is 0.175. The quantitative estimate of drug-likeness (QED) is 0.473. The summed E-state index contributed by atoms with van der Waals surface area (Å²) in [5, 5.41) is 9.54. The zero-order valence-electron chi connectivity index (χ0n) is 7.83. The van der Waals surface area contributed by atoms with Gasteiger partial charge in [-0.15, -0.1) is 0 Å². The van der Waals surface area contributed by atoms with E-state index in [0.29, 0.717) is 6.54 Å². The minimum atomic E-state index is -0.518. The number of hydrogen-bond acceptors (Lipinski definition) is 3. The van der Waals surface area contributed by atoms with Crippen molar-refractivity contribution in [3.8, 4) is 0 Å². The minimum absolute atomic E-state index is 0.380. The third kappa shape index (κ3) is 2.81. The van der Waals surface area contributed by atoms with Gasteiger partial charge in [0.1, 0.15) is 0 Å². The van der Waals surface area contributed by atoms with E-state index in [4.69, 9.17) is 5.84 Å². The lowest BCUT2D eigenvalue weighted by Gasteiger charge is -2.10. The van der Waals surface area contributed by atoms with Crippen molar-refractivity contribution in [2.75, 3.05) is 6.54 Å². The van der Waals surface area contributed by atoms with E-state index in [1.54, 1.807) is 0 Å². The molecule has 4 N–H and O–H groups in total. The van der Waals surface area contributed by atoms with Crippen LogP contribution in [0.25, 0.3) is 0 Å². The summed E-state index contributed by atoms with van der Waals surface area (Å²) in [5.41, 5.74) is 4.62. The van der Waals surface area contributed by atoms with Gasteiger partial charge >= 0.3 is 0 Å². The van der Waals surface area contributed by atoms with Crippen LogP contribution >= 0.6 is 0 Å². The Balaban J connectivity index is 2.67. The van der Waals surface area contributed by atoms with E-state index in [2.05, 4.69) is 12.3 Å². The second kappa shape index (κ2) is 4.97. The zero-order valence-corrected chi connectivity index (χ0v) is 7.83. The van der Waals surface area contributed by atoms with Crippen molar-refractivity contribution < 1.29 is 5.11 Å². The van der Waals surface area contributed by atoms with Crippen LogP contribution in [0.5, 0.6) is 0 Å². The van der Waals surface area contributed by atoms with E-state index in [9.17, 15) is 5.11 Å². The molecule has 0 fully saturated rings. The van der Waals surface area contributed by atoms with Crippen LogP contribution in [0, 0.1) is 0 Å². The van der Waals surface area contributed by atoms with Crippen LogP contribution in [0.15, 0.2) is 24.3 Å². The maximum absolute atomic E-state index is 9.54. The highest BCUT2D eigenvalue weighted by Crippen LogP contribution is 2.12. The van der Waals surface area contributed by atoms with E-state index in [0.717, 1.165) is 12.0 Å². The molecule has 1 unspecified atom stereocenters. The van der Waals surface area contributed by atoms with Crippen molar-refractivity contribution in [3.63, 3.8) is 0 Å². The van der Waals surface area contributed by atoms with Gasteiger partial charge in [-0.1, -0.05) is 31.2 Å². The molecular formula is C10H16N2O. The Labute approximate surface area is 78.5 Å². The number of hydrazine groups is 1. The Morgan fingerprint density at radius 3 is 2.46 bits per heavy atom. The molecule has 0 saturated carbocycles. The van der Waals surface area contributed by atoms with Crippen LogP contribution in [0.4, 0.5) is 0 Å². The molecular weight excluding hydrogens is 164 g/mol. The number of aliphatic hydroxyl groups is 1. The van der Waals surface area contributed by atoms with Crippen LogP contribution in [0.1, 0.15) is 24.2 Å². The Morgan fingerprint density at radius 2 is 2.00 bits per heavy atom. The highest BCUT2D eigenvalue weighted by Gasteiger charge is 2.04. The number of rotatable bonds is 4. The number of aliphatic hydroxyl groups excluding tert-OH is 1.